The lowest BCUT2D eigenvalue weighted by Crippen LogP contribution is -2.04. The quantitative estimate of drug-likeness (QED) is 0.540. The van der Waals surface area contributed by atoms with Gasteiger partial charge in [0.05, 0.1) is 11.3 Å². The number of aromatic nitrogens is 2. The number of H-pyrrole nitrogens is 1. The van der Waals surface area contributed by atoms with Crippen molar-refractivity contribution in [3.8, 4) is 11.3 Å². The van der Waals surface area contributed by atoms with Crippen molar-refractivity contribution in [1.82, 2.24) is 10.2 Å². The maximum atomic E-state index is 12.6. The highest BCUT2D eigenvalue weighted by Crippen LogP contribution is 2.40. The van der Waals surface area contributed by atoms with E-state index in [0.29, 0.717) is 11.5 Å². The van der Waals surface area contributed by atoms with E-state index in [1.807, 2.05) is 12.1 Å². The molecule has 0 atom stereocenters. The third-order valence-corrected chi connectivity index (χ3v) is 4.38. The predicted molar refractivity (Wildman–Crippen MR) is 86.3 cm³/mol. The van der Waals surface area contributed by atoms with Crippen molar-refractivity contribution >= 4 is 11.5 Å². The van der Waals surface area contributed by atoms with Crippen molar-refractivity contribution in [2.45, 2.75) is 19.5 Å². The second-order valence-electron chi connectivity index (χ2n) is 5.90. The van der Waals surface area contributed by atoms with E-state index >= 15 is 0 Å². The molecule has 6 heteroatoms. The van der Waals surface area contributed by atoms with Crippen LogP contribution in [0.15, 0.2) is 42.5 Å². The first-order valence-corrected chi connectivity index (χ1v) is 7.54. The fraction of sp³-hybridized carbons (Fsp3) is 0.167. The molecular formula is C18H14F3N3. The lowest BCUT2D eigenvalue weighted by molar-refractivity contribution is -0.137. The Bertz CT molecular complexity index is 908. The van der Waals surface area contributed by atoms with Gasteiger partial charge in [0.1, 0.15) is 0 Å². The van der Waals surface area contributed by atoms with E-state index in [2.05, 4.69) is 28.5 Å². The minimum atomic E-state index is -4.33. The number of aromatic amines is 1. The Balaban J connectivity index is 1.62. The highest BCUT2D eigenvalue weighted by atomic mass is 19.4. The molecular weight excluding hydrogens is 315 g/mol. The fourth-order valence-electron chi connectivity index (χ4n) is 3.09. The van der Waals surface area contributed by atoms with Gasteiger partial charge in [-0.25, -0.2) is 0 Å². The first-order valence-electron chi connectivity index (χ1n) is 7.54. The third-order valence-electron chi connectivity index (χ3n) is 4.38. The number of benzene rings is 2. The predicted octanol–water partition coefficient (Wildman–Crippen LogP) is 5.05. The van der Waals surface area contributed by atoms with Gasteiger partial charge in [-0.2, -0.15) is 18.3 Å². The normalized spacial score (nSPS) is 12.8. The van der Waals surface area contributed by atoms with Crippen LogP contribution in [0.1, 0.15) is 22.3 Å². The average molecular weight is 329 g/mol. The molecule has 0 unspecified atom stereocenters. The molecule has 0 saturated heterocycles. The van der Waals surface area contributed by atoms with Crippen LogP contribution in [0, 0.1) is 6.92 Å². The van der Waals surface area contributed by atoms with Crippen LogP contribution in [0.3, 0.4) is 0 Å². The van der Waals surface area contributed by atoms with Crippen LogP contribution in [0.4, 0.5) is 24.7 Å². The standard InChI is InChI=1S/C18H14F3N3/c1-10-3-2-4-13-14(10)9-15-16(13)23-24-17(15)22-12-7-5-11(6-8-12)18(19,20)21/h2-8H,9H2,1H3,(H2,22,23,24). The van der Waals surface area contributed by atoms with Crippen LogP contribution >= 0.6 is 0 Å². The van der Waals surface area contributed by atoms with Crippen molar-refractivity contribution in [2.24, 2.45) is 0 Å². The lowest BCUT2D eigenvalue weighted by atomic mass is 10.0. The molecule has 2 aromatic carbocycles. The number of rotatable bonds is 2. The van der Waals surface area contributed by atoms with Crippen LogP contribution in [0.5, 0.6) is 0 Å². The van der Waals surface area contributed by atoms with E-state index in [0.717, 1.165) is 35.4 Å². The molecule has 0 fully saturated rings. The molecule has 1 heterocycles. The highest BCUT2D eigenvalue weighted by Gasteiger charge is 2.30. The van der Waals surface area contributed by atoms with Crippen LogP contribution in [-0.2, 0) is 12.6 Å². The molecule has 3 nitrogen and oxygen atoms in total. The number of halogens is 3. The Labute approximate surface area is 136 Å². The Morgan fingerprint density at radius 1 is 1.04 bits per heavy atom. The summed E-state index contributed by atoms with van der Waals surface area (Å²) in [6, 6.07) is 11.1. The van der Waals surface area contributed by atoms with Gasteiger partial charge in [0.15, 0.2) is 5.82 Å². The van der Waals surface area contributed by atoms with Gasteiger partial charge >= 0.3 is 6.18 Å². The largest absolute Gasteiger partial charge is 0.416 e. The molecule has 0 spiro atoms. The number of nitrogens with zero attached hydrogens (tertiary/aromatic N) is 1. The van der Waals surface area contributed by atoms with Gasteiger partial charge < -0.3 is 5.32 Å². The zero-order valence-electron chi connectivity index (χ0n) is 12.8. The molecule has 1 aliphatic carbocycles. The van der Waals surface area contributed by atoms with Gasteiger partial charge in [0.2, 0.25) is 0 Å². The zero-order chi connectivity index (χ0) is 16.9. The highest BCUT2D eigenvalue weighted by molar-refractivity contribution is 5.80. The summed E-state index contributed by atoms with van der Waals surface area (Å²) in [6.45, 7) is 2.07. The smallest absolute Gasteiger partial charge is 0.339 e. The molecule has 2 N–H and O–H groups in total. The third kappa shape index (κ3) is 2.35. The lowest BCUT2D eigenvalue weighted by Gasteiger charge is -2.09. The topological polar surface area (TPSA) is 40.7 Å². The van der Waals surface area contributed by atoms with Crippen molar-refractivity contribution in [2.75, 3.05) is 5.32 Å². The summed E-state index contributed by atoms with van der Waals surface area (Å²) in [5.41, 5.74) is 5.54. The number of hydrogen-bond donors (Lipinski definition) is 2. The molecule has 0 aliphatic heterocycles. The van der Waals surface area contributed by atoms with Crippen molar-refractivity contribution in [3.63, 3.8) is 0 Å². The van der Waals surface area contributed by atoms with Gasteiger partial charge in [-0.15, -0.1) is 0 Å². The summed E-state index contributed by atoms with van der Waals surface area (Å²) >= 11 is 0. The number of aryl methyl sites for hydroxylation is 1. The van der Waals surface area contributed by atoms with Crippen molar-refractivity contribution < 1.29 is 13.2 Å². The van der Waals surface area contributed by atoms with Gasteiger partial charge in [-0.1, -0.05) is 18.2 Å². The van der Waals surface area contributed by atoms with E-state index in [1.54, 1.807) is 0 Å². The van der Waals surface area contributed by atoms with Gasteiger partial charge in [0, 0.05) is 23.2 Å². The van der Waals surface area contributed by atoms with Crippen LogP contribution < -0.4 is 5.32 Å². The van der Waals surface area contributed by atoms with Crippen molar-refractivity contribution in [3.05, 3.63) is 64.7 Å². The van der Waals surface area contributed by atoms with Gasteiger partial charge in [0.25, 0.3) is 0 Å². The number of nitrogens with one attached hydrogen (secondary N) is 2. The zero-order valence-corrected chi connectivity index (χ0v) is 12.8. The molecule has 3 aromatic rings. The molecule has 0 amide bonds. The molecule has 0 radical (unpaired) electrons. The summed E-state index contributed by atoms with van der Waals surface area (Å²) in [5, 5.41) is 10.4. The fourth-order valence-corrected chi connectivity index (χ4v) is 3.09. The maximum absolute atomic E-state index is 12.6. The Hall–Kier alpha value is -2.76. The van der Waals surface area contributed by atoms with Crippen LogP contribution in [0.25, 0.3) is 11.3 Å². The maximum Gasteiger partial charge on any atom is 0.416 e. The van der Waals surface area contributed by atoms with Crippen LogP contribution in [-0.4, -0.2) is 10.2 Å². The first-order chi connectivity index (χ1) is 11.4. The summed E-state index contributed by atoms with van der Waals surface area (Å²) in [6.07, 6.45) is -3.57. The Morgan fingerprint density at radius 3 is 2.50 bits per heavy atom. The van der Waals surface area contributed by atoms with E-state index < -0.39 is 11.7 Å². The summed E-state index contributed by atoms with van der Waals surface area (Å²) < 4.78 is 37.9. The molecule has 0 bridgehead atoms. The number of alkyl halides is 3. The average Bonchev–Trinajstić information content (AvgIpc) is 3.09. The van der Waals surface area contributed by atoms with Gasteiger partial charge in [-0.3, -0.25) is 5.10 Å². The molecule has 4 rings (SSSR count). The number of hydrogen-bond acceptors (Lipinski definition) is 2. The molecule has 24 heavy (non-hydrogen) atoms. The Morgan fingerprint density at radius 2 is 1.79 bits per heavy atom. The van der Waals surface area contributed by atoms with E-state index in [1.165, 1.54) is 23.3 Å². The monoisotopic (exact) mass is 329 g/mol. The van der Waals surface area contributed by atoms with E-state index in [-0.39, 0.29) is 0 Å². The second-order valence-corrected chi connectivity index (χ2v) is 5.90. The Kier molecular flexibility index (Phi) is 3.16. The molecule has 1 aliphatic rings. The summed E-state index contributed by atoms with van der Waals surface area (Å²) in [5.74, 6) is 0.653. The minimum Gasteiger partial charge on any atom is -0.339 e. The summed E-state index contributed by atoms with van der Waals surface area (Å²) in [4.78, 5) is 0. The molecule has 122 valence electrons. The number of fused-ring (bicyclic) bond motifs is 3. The van der Waals surface area contributed by atoms with Crippen LogP contribution in [0.2, 0.25) is 0 Å². The molecule has 0 saturated carbocycles. The second kappa shape index (κ2) is 5.12. The minimum absolute atomic E-state index is 0.574. The molecule has 1 aromatic heterocycles. The SMILES string of the molecule is Cc1cccc2c1Cc1c(Nc3ccc(C(F)(F)F)cc3)n[nH]c1-2. The van der Waals surface area contributed by atoms with E-state index in [9.17, 15) is 13.2 Å². The van der Waals surface area contributed by atoms with E-state index in [4.69, 9.17) is 0 Å². The first kappa shape index (κ1) is 14.8. The van der Waals surface area contributed by atoms with Crippen molar-refractivity contribution in [1.29, 1.82) is 0 Å². The van der Waals surface area contributed by atoms with Gasteiger partial charge in [-0.05, 0) is 42.3 Å². The number of anilines is 2. The summed E-state index contributed by atoms with van der Waals surface area (Å²) in [7, 11) is 0.